The molecule has 0 unspecified atom stereocenters. The topological polar surface area (TPSA) is 121 Å². The summed E-state index contributed by atoms with van der Waals surface area (Å²) in [4.78, 5) is 22.3. The second kappa shape index (κ2) is 9.56. The van der Waals surface area contributed by atoms with E-state index in [1.165, 1.54) is 6.20 Å². The number of H-pyrrole nitrogens is 1. The number of benzene rings is 2. The van der Waals surface area contributed by atoms with Crippen LogP contribution in [0.2, 0.25) is 0 Å². The molecule has 4 aromatic rings. The summed E-state index contributed by atoms with van der Waals surface area (Å²) >= 11 is 0. The normalized spacial score (nSPS) is 11.0. The van der Waals surface area contributed by atoms with Gasteiger partial charge in [-0.3, -0.25) is 0 Å². The van der Waals surface area contributed by atoms with Crippen molar-refractivity contribution in [1.82, 2.24) is 30.6 Å². The summed E-state index contributed by atoms with van der Waals surface area (Å²) in [6.45, 7) is 7.15. The molecular weight excluding hydrogens is 418 g/mol. The van der Waals surface area contributed by atoms with Gasteiger partial charge in [-0.05, 0) is 34.7 Å². The van der Waals surface area contributed by atoms with E-state index in [0.29, 0.717) is 36.5 Å². The quantitative estimate of drug-likeness (QED) is 0.419. The highest BCUT2D eigenvalue weighted by Gasteiger charge is 2.20. The van der Waals surface area contributed by atoms with E-state index in [1.54, 1.807) is 6.92 Å². The lowest BCUT2D eigenvalue weighted by Gasteiger charge is -2.27. The number of tetrazole rings is 1. The molecule has 0 saturated heterocycles. The van der Waals surface area contributed by atoms with Crippen molar-refractivity contribution >= 4 is 11.8 Å². The highest BCUT2D eigenvalue weighted by Crippen LogP contribution is 2.30. The van der Waals surface area contributed by atoms with Crippen molar-refractivity contribution in [2.45, 2.75) is 27.3 Å². The molecule has 2 aromatic heterocycles. The van der Waals surface area contributed by atoms with Gasteiger partial charge in [-0.25, -0.2) is 14.8 Å². The number of aromatic amines is 1. The number of hydrogen-bond acceptors (Lipinski definition) is 7. The Morgan fingerprint density at radius 3 is 2.45 bits per heavy atom. The third kappa shape index (κ3) is 5.03. The predicted octanol–water partition coefficient (Wildman–Crippen LogP) is 3.99. The molecule has 9 nitrogen and oxygen atoms in total. The number of anilines is 1. The van der Waals surface area contributed by atoms with E-state index >= 15 is 0 Å². The van der Waals surface area contributed by atoms with Crippen LogP contribution in [0.15, 0.2) is 54.7 Å². The molecule has 2 heterocycles. The number of aromatic nitrogens is 6. The molecule has 2 aromatic carbocycles. The molecule has 0 aliphatic heterocycles. The zero-order chi connectivity index (χ0) is 23.4. The molecule has 4 rings (SSSR count). The van der Waals surface area contributed by atoms with Crippen LogP contribution in [0.5, 0.6) is 0 Å². The highest BCUT2D eigenvalue weighted by molar-refractivity contribution is 5.93. The first-order chi connectivity index (χ1) is 15.9. The first kappa shape index (κ1) is 22.1. The Balaban J connectivity index is 1.64. The average molecular weight is 444 g/mol. The Bertz CT molecular complexity index is 1240. The summed E-state index contributed by atoms with van der Waals surface area (Å²) in [6.07, 6.45) is 1.38. The van der Waals surface area contributed by atoms with Crippen LogP contribution in [0.1, 0.15) is 35.6 Å². The van der Waals surface area contributed by atoms with E-state index < -0.39 is 5.97 Å². The number of aromatic carboxylic acids is 1. The first-order valence-electron chi connectivity index (χ1n) is 10.7. The lowest BCUT2D eigenvalue weighted by atomic mass is 9.98. The number of hydrogen-bond donors (Lipinski definition) is 2. The van der Waals surface area contributed by atoms with Crippen molar-refractivity contribution in [2.24, 2.45) is 5.92 Å². The number of nitrogens with one attached hydrogen (secondary N) is 1. The molecule has 2 N–H and O–H groups in total. The fourth-order valence-electron chi connectivity index (χ4n) is 3.73. The lowest BCUT2D eigenvalue weighted by Crippen LogP contribution is -2.30. The maximum absolute atomic E-state index is 11.8. The minimum Gasteiger partial charge on any atom is -0.477 e. The molecule has 0 saturated carbocycles. The summed E-state index contributed by atoms with van der Waals surface area (Å²) < 4.78 is 0. The minimum absolute atomic E-state index is 0.104. The summed E-state index contributed by atoms with van der Waals surface area (Å²) in [5.41, 5.74) is 4.07. The standard InChI is InChI=1S/C24H25N7O2/c1-15(2)13-31(23-21(24(32)33)12-25-16(3)26-23)14-17-8-10-18(11-9-17)19-6-4-5-7-20(19)22-27-29-30-28-22/h4-12,15H,13-14H2,1-3H3,(H,32,33)(H,27,28,29,30). The molecule has 168 valence electrons. The molecular formula is C24H25N7O2. The first-order valence-corrected chi connectivity index (χ1v) is 10.7. The van der Waals surface area contributed by atoms with Crippen LogP contribution in [0.4, 0.5) is 5.82 Å². The van der Waals surface area contributed by atoms with Gasteiger partial charge in [0.25, 0.3) is 0 Å². The van der Waals surface area contributed by atoms with E-state index in [0.717, 1.165) is 22.3 Å². The zero-order valence-electron chi connectivity index (χ0n) is 18.7. The summed E-state index contributed by atoms with van der Waals surface area (Å²) in [6, 6.07) is 16.1. The van der Waals surface area contributed by atoms with E-state index in [-0.39, 0.29) is 5.56 Å². The van der Waals surface area contributed by atoms with Crippen molar-refractivity contribution in [3.05, 3.63) is 71.7 Å². The van der Waals surface area contributed by atoms with Crippen LogP contribution in [-0.4, -0.2) is 48.2 Å². The zero-order valence-corrected chi connectivity index (χ0v) is 18.7. The van der Waals surface area contributed by atoms with Crippen LogP contribution in [0.25, 0.3) is 22.5 Å². The van der Waals surface area contributed by atoms with E-state index in [1.807, 2.05) is 53.4 Å². The van der Waals surface area contributed by atoms with Gasteiger partial charge < -0.3 is 10.0 Å². The van der Waals surface area contributed by atoms with Crippen LogP contribution < -0.4 is 4.90 Å². The van der Waals surface area contributed by atoms with E-state index in [2.05, 4.69) is 44.4 Å². The number of nitrogens with zero attached hydrogens (tertiary/aromatic N) is 6. The van der Waals surface area contributed by atoms with Crippen molar-refractivity contribution in [3.63, 3.8) is 0 Å². The largest absolute Gasteiger partial charge is 0.477 e. The van der Waals surface area contributed by atoms with Crippen molar-refractivity contribution in [2.75, 3.05) is 11.4 Å². The van der Waals surface area contributed by atoms with Crippen LogP contribution in [-0.2, 0) is 6.54 Å². The second-order valence-corrected chi connectivity index (χ2v) is 8.21. The average Bonchev–Trinajstić information content (AvgIpc) is 3.33. The molecule has 0 spiro atoms. The summed E-state index contributed by atoms with van der Waals surface area (Å²) in [7, 11) is 0. The third-order valence-corrected chi connectivity index (χ3v) is 5.16. The number of rotatable bonds is 8. The van der Waals surface area contributed by atoms with Crippen LogP contribution >= 0.6 is 0 Å². The van der Waals surface area contributed by atoms with E-state index in [9.17, 15) is 9.90 Å². The summed E-state index contributed by atoms with van der Waals surface area (Å²) in [5, 5.41) is 24.0. The van der Waals surface area contributed by atoms with Crippen molar-refractivity contribution < 1.29 is 9.90 Å². The monoisotopic (exact) mass is 443 g/mol. The van der Waals surface area contributed by atoms with Gasteiger partial charge in [0.15, 0.2) is 0 Å². The van der Waals surface area contributed by atoms with Crippen molar-refractivity contribution in [3.8, 4) is 22.5 Å². The predicted molar refractivity (Wildman–Crippen MR) is 125 cm³/mol. The molecule has 0 fully saturated rings. The highest BCUT2D eigenvalue weighted by atomic mass is 16.4. The number of carboxylic acids is 1. The lowest BCUT2D eigenvalue weighted by molar-refractivity contribution is 0.0696. The molecule has 0 aliphatic carbocycles. The molecule has 0 radical (unpaired) electrons. The fraction of sp³-hybridized carbons (Fsp3) is 0.250. The van der Waals surface area contributed by atoms with E-state index in [4.69, 9.17) is 0 Å². The van der Waals surface area contributed by atoms with Crippen molar-refractivity contribution in [1.29, 1.82) is 0 Å². The van der Waals surface area contributed by atoms with Crippen LogP contribution in [0, 0.1) is 12.8 Å². The van der Waals surface area contributed by atoms with Gasteiger partial charge in [0.1, 0.15) is 17.2 Å². The molecule has 0 aliphatic rings. The van der Waals surface area contributed by atoms with Gasteiger partial charge in [-0.1, -0.05) is 62.4 Å². The van der Waals surface area contributed by atoms with Gasteiger partial charge in [0.2, 0.25) is 5.82 Å². The second-order valence-electron chi connectivity index (χ2n) is 8.21. The molecule has 0 amide bonds. The summed E-state index contributed by atoms with van der Waals surface area (Å²) in [5.74, 6) is 0.806. The van der Waals surface area contributed by atoms with Gasteiger partial charge in [-0.2, -0.15) is 5.21 Å². The maximum atomic E-state index is 11.8. The number of carbonyl (C=O) groups is 1. The molecule has 9 heteroatoms. The Labute approximate surface area is 191 Å². The fourth-order valence-corrected chi connectivity index (χ4v) is 3.73. The Morgan fingerprint density at radius 2 is 1.82 bits per heavy atom. The minimum atomic E-state index is -1.04. The maximum Gasteiger partial charge on any atom is 0.341 e. The molecule has 0 bridgehead atoms. The Hall–Kier alpha value is -4.14. The van der Waals surface area contributed by atoms with Gasteiger partial charge in [0.05, 0.1) is 0 Å². The van der Waals surface area contributed by atoms with Crippen LogP contribution in [0.3, 0.4) is 0 Å². The van der Waals surface area contributed by atoms with Gasteiger partial charge in [0, 0.05) is 24.8 Å². The number of carboxylic acid groups (broad SMARTS) is 1. The Morgan fingerprint density at radius 1 is 1.09 bits per heavy atom. The number of aryl methyl sites for hydroxylation is 1. The third-order valence-electron chi connectivity index (χ3n) is 5.16. The van der Waals surface area contributed by atoms with Gasteiger partial charge >= 0.3 is 5.97 Å². The molecule has 0 atom stereocenters. The van der Waals surface area contributed by atoms with Gasteiger partial charge in [-0.15, -0.1) is 10.2 Å². The smallest absolute Gasteiger partial charge is 0.341 e. The molecule has 33 heavy (non-hydrogen) atoms. The SMILES string of the molecule is Cc1ncc(C(=O)O)c(N(Cc2ccc(-c3ccccc3-c3nn[nH]n3)cc2)CC(C)C)n1. The Kier molecular flexibility index (Phi) is 6.39.